The minimum Gasteiger partial charge on any atom is -0.396 e. The van der Waals surface area contributed by atoms with Gasteiger partial charge in [-0.3, -0.25) is 0 Å². The molecule has 1 aliphatic heterocycles. The summed E-state index contributed by atoms with van der Waals surface area (Å²) in [5, 5.41) is 6.50. The summed E-state index contributed by atoms with van der Waals surface area (Å²) in [5.74, 6) is 0.831. The molecule has 8 heteroatoms. The maximum absolute atomic E-state index is 5.75. The third-order valence-electron chi connectivity index (χ3n) is 5.48. The molecule has 2 aromatic heterocycles. The molecule has 5 rings (SSSR count). The molecule has 4 aromatic rings. The first kappa shape index (κ1) is 21.4. The van der Waals surface area contributed by atoms with Gasteiger partial charge in [-0.2, -0.15) is 0 Å². The fraction of sp³-hybridized carbons (Fsp3) is 0.261. The Labute approximate surface area is 191 Å². The molecular formula is C23H24N4O2S2. The Hall–Kier alpha value is -2.81. The molecule has 0 aliphatic carbocycles. The van der Waals surface area contributed by atoms with Crippen LogP contribution in [0.4, 0.5) is 0 Å². The van der Waals surface area contributed by atoms with Crippen molar-refractivity contribution in [2.75, 3.05) is 26.3 Å². The summed E-state index contributed by atoms with van der Waals surface area (Å²) in [4.78, 5) is 6.72. The Morgan fingerprint density at radius 3 is 2.58 bits per heavy atom. The van der Waals surface area contributed by atoms with Crippen LogP contribution in [0, 0.1) is 13.8 Å². The number of fused-ring (bicyclic) bond motifs is 3. The van der Waals surface area contributed by atoms with Gasteiger partial charge >= 0.3 is 0 Å². The smallest absolute Gasteiger partial charge is 0.141 e. The topological polar surface area (TPSA) is 80.3 Å². The van der Waals surface area contributed by atoms with Crippen LogP contribution >= 0.6 is 24.4 Å². The number of nitrogens with two attached hydrogens (primary N) is 1. The number of aromatic amines is 1. The van der Waals surface area contributed by atoms with E-state index < -0.39 is 0 Å². The van der Waals surface area contributed by atoms with Gasteiger partial charge in [0.2, 0.25) is 0 Å². The number of aryl methyl sites for hydroxylation is 2. The highest BCUT2D eigenvalue weighted by molar-refractivity contribution is 7.80. The highest BCUT2D eigenvalue weighted by Crippen LogP contribution is 2.36. The minimum absolute atomic E-state index is 0.732. The van der Waals surface area contributed by atoms with Crippen molar-refractivity contribution < 1.29 is 9.26 Å². The van der Waals surface area contributed by atoms with Crippen molar-refractivity contribution >= 4 is 56.7 Å². The summed E-state index contributed by atoms with van der Waals surface area (Å²) < 4.78 is 10.8. The summed E-state index contributed by atoms with van der Waals surface area (Å²) in [6.07, 6.45) is 0. The van der Waals surface area contributed by atoms with Crippen molar-refractivity contribution in [3.8, 4) is 11.1 Å². The normalized spacial score (nSPS) is 13.8. The van der Waals surface area contributed by atoms with Gasteiger partial charge in [-0.05, 0) is 19.9 Å². The van der Waals surface area contributed by atoms with Crippen LogP contribution in [0.5, 0.6) is 0 Å². The largest absolute Gasteiger partial charge is 0.396 e. The third kappa shape index (κ3) is 4.06. The van der Waals surface area contributed by atoms with Crippen molar-refractivity contribution in [3.05, 3.63) is 53.4 Å². The van der Waals surface area contributed by atoms with Crippen molar-refractivity contribution in [3.63, 3.8) is 0 Å². The zero-order valence-electron chi connectivity index (χ0n) is 17.5. The third-order valence-corrected chi connectivity index (χ3v) is 5.98. The Kier molecular flexibility index (Phi) is 6.31. The number of hydrogen-bond donors (Lipinski definition) is 2. The summed E-state index contributed by atoms with van der Waals surface area (Å²) in [6.45, 7) is 7.09. The zero-order valence-corrected chi connectivity index (χ0v) is 19.1. The summed E-state index contributed by atoms with van der Waals surface area (Å²) >= 11 is 9.79. The SMILES string of the molecule is Cc1noc(C)c1-c1cccc2c1[nH]c1cc(C(=S)N3CCOCC3)ccc12.NC=S. The number of morpholine rings is 1. The van der Waals surface area contributed by atoms with Crippen LogP contribution < -0.4 is 5.73 Å². The lowest BCUT2D eigenvalue weighted by Crippen LogP contribution is -2.40. The average Bonchev–Trinajstić information content (AvgIpc) is 3.33. The number of nitrogens with zero attached hydrogens (tertiary/aromatic N) is 2. The number of nitrogens with one attached hydrogen (secondary N) is 1. The Balaban J connectivity index is 0.000000730. The number of rotatable bonds is 2. The second-order valence-corrected chi connectivity index (χ2v) is 8.01. The molecule has 0 unspecified atom stereocenters. The number of para-hydroxylation sites is 1. The monoisotopic (exact) mass is 452 g/mol. The van der Waals surface area contributed by atoms with Crippen molar-refractivity contribution in [1.82, 2.24) is 15.0 Å². The van der Waals surface area contributed by atoms with E-state index in [2.05, 4.69) is 69.4 Å². The molecule has 31 heavy (non-hydrogen) atoms. The summed E-state index contributed by atoms with van der Waals surface area (Å²) in [7, 11) is 0. The van der Waals surface area contributed by atoms with Crippen molar-refractivity contribution in [1.29, 1.82) is 0 Å². The highest BCUT2D eigenvalue weighted by Gasteiger charge is 2.18. The number of benzene rings is 2. The van der Waals surface area contributed by atoms with Gasteiger partial charge in [-0.25, -0.2) is 0 Å². The molecule has 1 fully saturated rings. The lowest BCUT2D eigenvalue weighted by Gasteiger charge is -2.29. The second kappa shape index (κ2) is 9.13. The van der Waals surface area contributed by atoms with Crippen molar-refractivity contribution in [2.45, 2.75) is 13.8 Å². The van der Waals surface area contributed by atoms with Crippen LogP contribution in [0.15, 0.2) is 40.9 Å². The molecule has 0 saturated carbocycles. The molecule has 1 aliphatic rings. The van der Waals surface area contributed by atoms with E-state index in [0.717, 1.165) is 76.0 Å². The molecule has 0 amide bonds. The van der Waals surface area contributed by atoms with Gasteiger partial charge in [0.1, 0.15) is 10.7 Å². The average molecular weight is 453 g/mol. The maximum atomic E-state index is 5.75. The first-order valence-corrected chi connectivity index (χ1v) is 10.9. The Morgan fingerprint density at radius 2 is 1.90 bits per heavy atom. The Bertz CT molecular complexity index is 1240. The van der Waals surface area contributed by atoms with Gasteiger partial charge in [0.05, 0.1) is 29.9 Å². The van der Waals surface area contributed by atoms with E-state index in [1.54, 1.807) is 0 Å². The molecule has 160 valence electrons. The van der Waals surface area contributed by atoms with E-state index in [4.69, 9.17) is 21.5 Å². The lowest BCUT2D eigenvalue weighted by atomic mass is 10.0. The second-order valence-electron chi connectivity index (χ2n) is 7.35. The standard InChI is InChI=1S/C22H21N3O2S.CH3NS/c1-13-20(14(2)27-24-13)18-5-3-4-17-16-7-6-15(12-19(16)23-21(17)18)22(28)25-8-10-26-11-9-25;2-1-3/h3-7,12,23H,8-11H2,1-2H3;1H,(H2,2,3). The van der Waals surface area contributed by atoms with Gasteiger partial charge in [-0.1, -0.05) is 59.9 Å². The van der Waals surface area contributed by atoms with E-state index >= 15 is 0 Å². The van der Waals surface area contributed by atoms with E-state index in [0.29, 0.717) is 0 Å². The fourth-order valence-electron chi connectivity index (χ4n) is 4.09. The number of ether oxygens (including phenoxy) is 1. The maximum Gasteiger partial charge on any atom is 0.141 e. The first-order valence-electron chi connectivity index (χ1n) is 10.0. The van der Waals surface area contributed by atoms with E-state index in [9.17, 15) is 0 Å². The molecule has 0 radical (unpaired) electrons. The van der Waals surface area contributed by atoms with Gasteiger partial charge in [0.25, 0.3) is 0 Å². The van der Waals surface area contributed by atoms with Crippen molar-refractivity contribution in [2.24, 2.45) is 5.73 Å². The van der Waals surface area contributed by atoms with Gasteiger partial charge < -0.3 is 24.9 Å². The predicted octanol–water partition coefficient (Wildman–Crippen LogP) is 4.50. The van der Waals surface area contributed by atoms with E-state index in [1.807, 2.05) is 13.8 Å². The summed E-state index contributed by atoms with van der Waals surface area (Å²) in [5.41, 5.74) is 11.9. The predicted molar refractivity (Wildman–Crippen MR) is 133 cm³/mol. The molecule has 6 nitrogen and oxygen atoms in total. The molecule has 0 atom stereocenters. The van der Waals surface area contributed by atoms with Gasteiger partial charge in [0.15, 0.2) is 0 Å². The van der Waals surface area contributed by atoms with Crippen LogP contribution in [0.1, 0.15) is 17.0 Å². The first-order chi connectivity index (χ1) is 15.0. The van der Waals surface area contributed by atoms with Crippen LogP contribution in [0.25, 0.3) is 32.9 Å². The van der Waals surface area contributed by atoms with Crippen LogP contribution in [0.2, 0.25) is 0 Å². The number of H-pyrrole nitrogens is 1. The lowest BCUT2D eigenvalue weighted by molar-refractivity contribution is 0.0693. The molecule has 3 heterocycles. The summed E-state index contributed by atoms with van der Waals surface area (Å²) in [6, 6.07) is 12.8. The van der Waals surface area contributed by atoms with E-state index in [1.165, 1.54) is 10.8 Å². The fourth-order valence-corrected chi connectivity index (χ4v) is 4.40. The number of aromatic nitrogens is 2. The molecule has 0 bridgehead atoms. The van der Waals surface area contributed by atoms with Crippen LogP contribution in [0.3, 0.4) is 0 Å². The van der Waals surface area contributed by atoms with E-state index in [-0.39, 0.29) is 0 Å². The van der Waals surface area contributed by atoms with Gasteiger partial charge in [0, 0.05) is 46.1 Å². The number of thiocarbonyl (C=S) groups is 2. The highest BCUT2D eigenvalue weighted by atomic mass is 32.1. The molecule has 3 N–H and O–H groups in total. The van der Waals surface area contributed by atoms with Gasteiger partial charge in [-0.15, -0.1) is 0 Å². The minimum atomic E-state index is 0.732. The van der Waals surface area contributed by atoms with Crippen LogP contribution in [-0.2, 0) is 4.74 Å². The molecule has 0 spiro atoms. The number of hydrogen-bond acceptors (Lipinski definition) is 5. The molecule has 2 aromatic carbocycles. The zero-order chi connectivity index (χ0) is 22.0. The molecular weight excluding hydrogens is 428 g/mol. The molecule has 1 saturated heterocycles. The Morgan fingerprint density at radius 1 is 1.16 bits per heavy atom. The van der Waals surface area contributed by atoms with Crippen LogP contribution in [-0.4, -0.2) is 51.8 Å². The quantitative estimate of drug-likeness (QED) is 0.433.